The van der Waals surface area contributed by atoms with Gasteiger partial charge in [-0.1, -0.05) is 41.0 Å². The van der Waals surface area contributed by atoms with Gasteiger partial charge in [-0.3, -0.25) is 0 Å². The van der Waals surface area contributed by atoms with E-state index in [4.69, 9.17) is 10.2 Å². The maximum atomic E-state index is 10.7. The van der Waals surface area contributed by atoms with E-state index >= 15 is 0 Å². The molecule has 0 unspecified atom stereocenters. The van der Waals surface area contributed by atoms with Crippen molar-refractivity contribution >= 4 is 5.97 Å². The van der Waals surface area contributed by atoms with Crippen LogP contribution in [-0.4, -0.2) is 22.8 Å². The Morgan fingerprint density at radius 3 is 1.52 bits per heavy atom. The lowest BCUT2D eigenvalue weighted by Gasteiger charge is -2.02. The first-order chi connectivity index (χ1) is 10.9. The van der Waals surface area contributed by atoms with Crippen molar-refractivity contribution in [3.63, 3.8) is 0 Å². The van der Waals surface area contributed by atoms with E-state index in [0.29, 0.717) is 5.57 Å². The van der Waals surface area contributed by atoms with E-state index in [0.717, 1.165) is 38.5 Å². The summed E-state index contributed by atoms with van der Waals surface area (Å²) in [6.45, 7) is 8.07. The second-order valence-corrected chi connectivity index (χ2v) is 6.14. The van der Waals surface area contributed by atoms with Crippen molar-refractivity contribution in [1.29, 1.82) is 0 Å². The number of aliphatic hydroxyl groups excluding tert-OH is 1. The van der Waals surface area contributed by atoms with Crippen LogP contribution in [0.5, 0.6) is 0 Å². The molecule has 0 radical (unpaired) electrons. The van der Waals surface area contributed by atoms with E-state index in [2.05, 4.69) is 26.0 Å². The predicted molar refractivity (Wildman–Crippen MR) is 97.5 cm³/mol. The van der Waals surface area contributed by atoms with Crippen LogP contribution in [0.15, 0.2) is 46.6 Å². The Balaban J connectivity index is 4.04. The fourth-order valence-electron chi connectivity index (χ4n) is 2.16. The summed E-state index contributed by atoms with van der Waals surface area (Å²) >= 11 is 0. The van der Waals surface area contributed by atoms with Gasteiger partial charge in [-0.25, -0.2) is 4.79 Å². The van der Waals surface area contributed by atoms with E-state index in [9.17, 15) is 4.79 Å². The predicted octanol–water partition coefficient (Wildman–Crippen LogP) is 5.19. The van der Waals surface area contributed by atoms with Crippen molar-refractivity contribution in [2.45, 2.75) is 66.2 Å². The molecule has 130 valence electrons. The fourth-order valence-corrected chi connectivity index (χ4v) is 2.16. The molecule has 0 aromatic rings. The van der Waals surface area contributed by atoms with Gasteiger partial charge in [0.05, 0.1) is 6.61 Å². The summed E-state index contributed by atoms with van der Waals surface area (Å²) in [5.41, 5.74) is 4.36. The molecule has 0 aromatic carbocycles. The average Bonchev–Trinajstić information content (AvgIpc) is 2.47. The monoisotopic (exact) mass is 320 g/mol. The van der Waals surface area contributed by atoms with Gasteiger partial charge in [0.25, 0.3) is 0 Å². The fraction of sp³-hybridized carbons (Fsp3) is 0.550. The Hall–Kier alpha value is -1.61. The van der Waals surface area contributed by atoms with Crippen LogP contribution in [-0.2, 0) is 4.79 Å². The maximum Gasteiger partial charge on any atom is 0.330 e. The first-order valence-electron chi connectivity index (χ1n) is 8.34. The summed E-state index contributed by atoms with van der Waals surface area (Å²) in [7, 11) is 0. The highest BCUT2D eigenvalue weighted by atomic mass is 16.4. The molecule has 0 aliphatic heterocycles. The van der Waals surface area contributed by atoms with Gasteiger partial charge < -0.3 is 10.2 Å². The average molecular weight is 320 g/mol. The van der Waals surface area contributed by atoms with Gasteiger partial charge in [0.15, 0.2) is 0 Å². The minimum Gasteiger partial charge on any atom is -0.478 e. The summed E-state index contributed by atoms with van der Waals surface area (Å²) in [4.78, 5) is 10.7. The topological polar surface area (TPSA) is 57.5 Å². The van der Waals surface area contributed by atoms with Crippen molar-refractivity contribution in [3.05, 3.63) is 46.6 Å². The zero-order valence-electron chi connectivity index (χ0n) is 15.1. The van der Waals surface area contributed by atoms with Crippen molar-refractivity contribution in [1.82, 2.24) is 0 Å². The van der Waals surface area contributed by atoms with E-state index in [1.165, 1.54) is 16.7 Å². The molecule has 3 nitrogen and oxygen atoms in total. The molecule has 0 aliphatic carbocycles. The van der Waals surface area contributed by atoms with Gasteiger partial charge in [0.1, 0.15) is 0 Å². The van der Waals surface area contributed by atoms with Crippen LogP contribution in [0, 0.1) is 0 Å². The number of carboxylic acids is 1. The Bertz CT molecular complexity index is 479. The zero-order valence-corrected chi connectivity index (χ0v) is 15.1. The molecule has 3 heteroatoms. The first-order valence-corrected chi connectivity index (χ1v) is 8.34. The summed E-state index contributed by atoms with van der Waals surface area (Å²) in [5.74, 6) is -0.837. The summed E-state index contributed by atoms with van der Waals surface area (Å²) in [5, 5.41) is 17.6. The van der Waals surface area contributed by atoms with Crippen LogP contribution in [0.2, 0.25) is 0 Å². The van der Waals surface area contributed by atoms with E-state index in [-0.39, 0.29) is 6.61 Å². The van der Waals surface area contributed by atoms with Gasteiger partial charge >= 0.3 is 5.97 Å². The van der Waals surface area contributed by atoms with Gasteiger partial charge in [0, 0.05) is 5.57 Å². The number of carboxylic acid groups (broad SMARTS) is 1. The molecular weight excluding hydrogens is 288 g/mol. The molecule has 23 heavy (non-hydrogen) atoms. The Labute approximate surface area is 141 Å². The Morgan fingerprint density at radius 2 is 1.13 bits per heavy atom. The number of rotatable bonds is 11. The molecule has 0 amide bonds. The van der Waals surface area contributed by atoms with Gasteiger partial charge in [0.2, 0.25) is 0 Å². The minimum atomic E-state index is -0.837. The lowest BCUT2D eigenvalue weighted by molar-refractivity contribution is -0.132. The number of aliphatic hydroxyl groups is 1. The van der Waals surface area contributed by atoms with Crippen LogP contribution in [0.1, 0.15) is 66.2 Å². The van der Waals surface area contributed by atoms with E-state index in [1.807, 2.05) is 13.0 Å². The zero-order chi connectivity index (χ0) is 17.7. The molecule has 0 bridgehead atoms. The van der Waals surface area contributed by atoms with Gasteiger partial charge in [-0.05, 0) is 66.2 Å². The first kappa shape index (κ1) is 21.4. The second kappa shape index (κ2) is 12.9. The molecule has 0 rings (SSSR count). The second-order valence-electron chi connectivity index (χ2n) is 6.14. The maximum absolute atomic E-state index is 10.7. The smallest absolute Gasteiger partial charge is 0.330 e. The lowest BCUT2D eigenvalue weighted by atomic mass is 10.0. The molecule has 0 aromatic heterocycles. The molecule has 0 spiro atoms. The number of hydrogen-bond acceptors (Lipinski definition) is 2. The van der Waals surface area contributed by atoms with E-state index < -0.39 is 5.97 Å². The third-order valence-electron chi connectivity index (χ3n) is 3.83. The third-order valence-corrected chi connectivity index (χ3v) is 3.83. The molecule has 0 saturated carbocycles. The number of allylic oxidation sites excluding steroid dienone is 6. The lowest BCUT2D eigenvalue weighted by Crippen LogP contribution is -1.95. The van der Waals surface area contributed by atoms with Crippen LogP contribution in [0.25, 0.3) is 0 Å². The van der Waals surface area contributed by atoms with Crippen LogP contribution in [0.4, 0.5) is 0 Å². The highest BCUT2D eigenvalue weighted by Crippen LogP contribution is 2.13. The normalized spacial score (nSPS) is 14.3. The largest absolute Gasteiger partial charge is 0.478 e. The van der Waals surface area contributed by atoms with Crippen LogP contribution < -0.4 is 0 Å². The van der Waals surface area contributed by atoms with E-state index in [1.54, 1.807) is 13.0 Å². The van der Waals surface area contributed by atoms with Crippen molar-refractivity contribution in [2.24, 2.45) is 0 Å². The third kappa shape index (κ3) is 12.6. The summed E-state index contributed by atoms with van der Waals surface area (Å²) in [6.07, 6.45) is 14.0. The Morgan fingerprint density at radius 1 is 0.739 bits per heavy atom. The minimum absolute atomic E-state index is 0.125. The van der Waals surface area contributed by atoms with Gasteiger partial charge in [-0.15, -0.1) is 0 Å². The number of hydrogen-bond donors (Lipinski definition) is 2. The molecule has 0 atom stereocenters. The highest BCUT2D eigenvalue weighted by Gasteiger charge is 1.98. The van der Waals surface area contributed by atoms with Gasteiger partial charge in [-0.2, -0.15) is 0 Å². The molecule has 0 saturated heterocycles. The Kier molecular flexibility index (Phi) is 12.0. The number of aliphatic carboxylic acids is 1. The standard InChI is InChI=1S/C20H32O3/c1-16(10-6-11-18(3)14-15-21)8-5-9-17(2)12-7-13-19(4)20(22)23/h9-10,13-14,21H,5-8,11-12,15H2,1-4H3,(H,22,23). The molecule has 0 fully saturated rings. The van der Waals surface area contributed by atoms with Crippen LogP contribution >= 0.6 is 0 Å². The molecule has 2 N–H and O–H groups in total. The quantitative estimate of drug-likeness (QED) is 0.407. The molecule has 0 heterocycles. The van der Waals surface area contributed by atoms with Crippen LogP contribution in [0.3, 0.4) is 0 Å². The number of carbonyl (C=O) groups is 1. The highest BCUT2D eigenvalue weighted by molar-refractivity contribution is 5.85. The SMILES string of the molecule is CC(=CCO)CCC=C(C)CCC=C(C)CCC=C(C)C(=O)O. The summed E-state index contributed by atoms with van der Waals surface area (Å²) in [6, 6.07) is 0. The summed E-state index contributed by atoms with van der Waals surface area (Å²) < 4.78 is 0. The van der Waals surface area contributed by atoms with Crippen molar-refractivity contribution in [3.8, 4) is 0 Å². The van der Waals surface area contributed by atoms with Crippen molar-refractivity contribution < 1.29 is 15.0 Å². The van der Waals surface area contributed by atoms with Crippen molar-refractivity contribution in [2.75, 3.05) is 6.61 Å². The molecule has 0 aliphatic rings. The molecular formula is C20H32O3.